The molecule has 0 bridgehead atoms. The first-order valence-corrected chi connectivity index (χ1v) is 9.96. The molecule has 0 saturated carbocycles. The van der Waals surface area contributed by atoms with E-state index in [0.717, 1.165) is 11.1 Å². The highest BCUT2D eigenvalue weighted by molar-refractivity contribution is 7.89. The lowest BCUT2D eigenvalue weighted by molar-refractivity contribution is 0.0950. The smallest absolute Gasteiger partial charge is 0.251 e. The number of hydrogen-bond donors (Lipinski definition) is 2. The van der Waals surface area contributed by atoms with Gasteiger partial charge in [-0.3, -0.25) is 4.79 Å². The van der Waals surface area contributed by atoms with E-state index in [-0.39, 0.29) is 28.7 Å². The molecule has 2 N–H and O–H groups in total. The number of hydrogen-bond acceptors (Lipinski definition) is 4. The van der Waals surface area contributed by atoms with Crippen LogP contribution in [-0.4, -0.2) is 27.5 Å². The molecule has 0 radical (unpaired) electrons. The van der Waals surface area contributed by atoms with E-state index < -0.39 is 10.0 Å². The molecule has 2 rings (SSSR count). The average molecular weight is 376 g/mol. The van der Waals surface area contributed by atoms with Crippen LogP contribution in [0.25, 0.3) is 0 Å². The summed E-state index contributed by atoms with van der Waals surface area (Å²) in [6.45, 7) is 6.39. The van der Waals surface area contributed by atoms with Crippen LogP contribution < -0.4 is 14.8 Å². The van der Waals surface area contributed by atoms with Gasteiger partial charge in [-0.25, -0.2) is 13.1 Å². The Kier molecular flexibility index (Phi) is 6.76. The van der Waals surface area contributed by atoms with Crippen LogP contribution in [0.1, 0.15) is 35.3 Å². The largest absolute Gasteiger partial charge is 0.492 e. The van der Waals surface area contributed by atoms with Crippen LogP contribution in [0.4, 0.5) is 0 Å². The maximum atomic E-state index is 12.4. The molecular formula is C19H24N2O4S. The van der Waals surface area contributed by atoms with Gasteiger partial charge >= 0.3 is 0 Å². The Morgan fingerprint density at radius 1 is 1.08 bits per heavy atom. The fourth-order valence-electron chi connectivity index (χ4n) is 2.39. The molecule has 0 unspecified atom stereocenters. The van der Waals surface area contributed by atoms with Crippen LogP contribution in [0.2, 0.25) is 0 Å². The van der Waals surface area contributed by atoms with Gasteiger partial charge in [-0.05, 0) is 37.6 Å². The Bertz CT molecular complexity index is 862. The van der Waals surface area contributed by atoms with Gasteiger partial charge in [0.15, 0.2) is 0 Å². The summed E-state index contributed by atoms with van der Waals surface area (Å²) in [5.74, 6) is -0.120. The monoisotopic (exact) mass is 376 g/mol. The SMILES string of the molecule is CCNS(=O)(=O)c1cc(C(=O)NCc2ccc(C)cc2)ccc1OCC. The van der Waals surface area contributed by atoms with E-state index in [2.05, 4.69) is 10.0 Å². The maximum Gasteiger partial charge on any atom is 0.251 e. The molecular weight excluding hydrogens is 352 g/mol. The molecule has 0 fully saturated rings. The topological polar surface area (TPSA) is 84.5 Å². The summed E-state index contributed by atoms with van der Waals surface area (Å²) >= 11 is 0. The summed E-state index contributed by atoms with van der Waals surface area (Å²) in [6, 6.07) is 12.2. The first-order chi connectivity index (χ1) is 12.4. The van der Waals surface area contributed by atoms with Gasteiger partial charge in [0.2, 0.25) is 10.0 Å². The number of carbonyl (C=O) groups excluding carboxylic acids is 1. The molecule has 0 aromatic heterocycles. The summed E-state index contributed by atoms with van der Waals surface area (Å²) in [6.07, 6.45) is 0. The van der Waals surface area contributed by atoms with Gasteiger partial charge in [-0.15, -0.1) is 0 Å². The van der Waals surface area contributed by atoms with Crippen molar-refractivity contribution in [3.8, 4) is 5.75 Å². The minimum Gasteiger partial charge on any atom is -0.492 e. The Balaban J connectivity index is 2.22. The van der Waals surface area contributed by atoms with Crippen LogP contribution in [-0.2, 0) is 16.6 Å². The molecule has 0 aliphatic heterocycles. The van der Waals surface area contributed by atoms with Gasteiger partial charge < -0.3 is 10.1 Å². The van der Waals surface area contributed by atoms with Gasteiger partial charge in [-0.1, -0.05) is 36.8 Å². The second-order valence-corrected chi connectivity index (χ2v) is 7.50. The molecule has 140 valence electrons. The van der Waals surface area contributed by atoms with Crippen molar-refractivity contribution in [3.05, 3.63) is 59.2 Å². The number of aryl methyl sites for hydroxylation is 1. The molecule has 2 aromatic rings. The zero-order chi connectivity index (χ0) is 19.2. The fourth-order valence-corrected chi connectivity index (χ4v) is 3.60. The number of nitrogens with one attached hydrogen (secondary N) is 2. The van der Waals surface area contributed by atoms with Crippen molar-refractivity contribution in [1.29, 1.82) is 0 Å². The van der Waals surface area contributed by atoms with E-state index in [0.29, 0.717) is 13.2 Å². The predicted molar refractivity (Wildman–Crippen MR) is 101 cm³/mol. The van der Waals surface area contributed by atoms with Crippen molar-refractivity contribution in [2.75, 3.05) is 13.2 Å². The lowest BCUT2D eigenvalue weighted by Gasteiger charge is -2.13. The summed E-state index contributed by atoms with van der Waals surface area (Å²) in [5, 5.41) is 2.80. The maximum absolute atomic E-state index is 12.4. The Labute approximate surface area is 154 Å². The summed E-state index contributed by atoms with van der Waals surface area (Å²) < 4.78 is 32.6. The van der Waals surface area contributed by atoms with E-state index >= 15 is 0 Å². The van der Waals surface area contributed by atoms with Gasteiger partial charge in [-0.2, -0.15) is 0 Å². The molecule has 0 spiro atoms. The number of benzene rings is 2. The molecule has 2 aromatic carbocycles. The lowest BCUT2D eigenvalue weighted by atomic mass is 10.1. The molecule has 6 nitrogen and oxygen atoms in total. The van der Waals surface area contributed by atoms with Crippen molar-refractivity contribution in [2.24, 2.45) is 0 Å². The molecule has 0 heterocycles. The highest BCUT2D eigenvalue weighted by Gasteiger charge is 2.21. The van der Waals surface area contributed by atoms with Gasteiger partial charge in [0, 0.05) is 18.7 Å². The zero-order valence-electron chi connectivity index (χ0n) is 15.2. The third-order valence-corrected chi connectivity index (χ3v) is 5.27. The van der Waals surface area contributed by atoms with Crippen LogP contribution in [0, 0.1) is 6.92 Å². The second kappa shape index (κ2) is 8.82. The predicted octanol–water partition coefficient (Wildman–Crippen LogP) is 2.62. The fraction of sp³-hybridized carbons (Fsp3) is 0.316. The number of amides is 1. The number of rotatable bonds is 8. The average Bonchev–Trinajstić information content (AvgIpc) is 2.61. The first-order valence-electron chi connectivity index (χ1n) is 8.47. The molecule has 7 heteroatoms. The van der Waals surface area contributed by atoms with Crippen molar-refractivity contribution in [3.63, 3.8) is 0 Å². The van der Waals surface area contributed by atoms with Crippen LogP contribution in [0.15, 0.2) is 47.4 Å². The molecule has 0 aliphatic rings. The van der Waals surface area contributed by atoms with Crippen molar-refractivity contribution in [1.82, 2.24) is 10.0 Å². The minimum absolute atomic E-state index is 0.0378. The van der Waals surface area contributed by atoms with Crippen molar-refractivity contribution < 1.29 is 17.9 Å². The first kappa shape index (κ1) is 19.9. The van der Waals surface area contributed by atoms with Crippen molar-refractivity contribution >= 4 is 15.9 Å². The number of carbonyl (C=O) groups is 1. The third-order valence-electron chi connectivity index (χ3n) is 3.70. The summed E-state index contributed by atoms with van der Waals surface area (Å²) in [5.41, 5.74) is 2.37. The standard InChI is InChI=1S/C19H24N2O4S/c1-4-21-26(23,24)18-12-16(10-11-17(18)25-5-2)19(22)20-13-15-8-6-14(3)7-9-15/h6-12,21H,4-5,13H2,1-3H3,(H,20,22). The Hall–Kier alpha value is -2.38. The highest BCUT2D eigenvalue weighted by atomic mass is 32.2. The molecule has 0 saturated heterocycles. The van der Waals surface area contributed by atoms with E-state index in [9.17, 15) is 13.2 Å². The lowest BCUT2D eigenvalue weighted by Crippen LogP contribution is -2.26. The highest BCUT2D eigenvalue weighted by Crippen LogP contribution is 2.25. The van der Waals surface area contributed by atoms with Crippen LogP contribution >= 0.6 is 0 Å². The summed E-state index contributed by atoms with van der Waals surface area (Å²) in [7, 11) is -3.75. The van der Waals surface area contributed by atoms with Gasteiger partial charge in [0.05, 0.1) is 6.61 Å². The molecule has 26 heavy (non-hydrogen) atoms. The van der Waals surface area contributed by atoms with Crippen LogP contribution in [0.5, 0.6) is 5.75 Å². The normalized spacial score (nSPS) is 11.2. The van der Waals surface area contributed by atoms with E-state index in [4.69, 9.17) is 4.74 Å². The minimum atomic E-state index is -3.75. The number of ether oxygens (including phenoxy) is 1. The number of sulfonamides is 1. The quantitative estimate of drug-likeness (QED) is 0.742. The van der Waals surface area contributed by atoms with Crippen molar-refractivity contribution in [2.45, 2.75) is 32.2 Å². The van der Waals surface area contributed by atoms with Gasteiger partial charge in [0.1, 0.15) is 10.6 Å². The second-order valence-electron chi connectivity index (χ2n) is 5.76. The Morgan fingerprint density at radius 3 is 2.38 bits per heavy atom. The van der Waals surface area contributed by atoms with E-state index in [1.807, 2.05) is 31.2 Å². The third kappa shape index (κ3) is 5.06. The molecule has 1 amide bonds. The summed E-state index contributed by atoms with van der Waals surface area (Å²) in [4.78, 5) is 12.4. The van der Waals surface area contributed by atoms with E-state index in [1.54, 1.807) is 19.9 Å². The van der Waals surface area contributed by atoms with Gasteiger partial charge in [0.25, 0.3) is 5.91 Å². The Morgan fingerprint density at radius 2 is 1.77 bits per heavy atom. The molecule has 0 atom stereocenters. The zero-order valence-corrected chi connectivity index (χ0v) is 16.0. The van der Waals surface area contributed by atoms with E-state index in [1.165, 1.54) is 12.1 Å². The van der Waals surface area contributed by atoms with Crippen LogP contribution in [0.3, 0.4) is 0 Å². The molecule has 0 aliphatic carbocycles.